The Bertz CT molecular complexity index is 391. The number of aliphatic hydroxyl groups is 1. The zero-order chi connectivity index (χ0) is 13.1. The maximum Gasteiger partial charge on any atom is 0.130 e. The molecule has 1 fully saturated rings. The van der Waals surface area contributed by atoms with Crippen molar-refractivity contribution in [2.45, 2.75) is 38.1 Å². The summed E-state index contributed by atoms with van der Waals surface area (Å²) in [6.45, 7) is 2.49. The van der Waals surface area contributed by atoms with Gasteiger partial charge in [0.15, 0.2) is 0 Å². The van der Waals surface area contributed by atoms with Crippen molar-refractivity contribution >= 4 is 0 Å². The summed E-state index contributed by atoms with van der Waals surface area (Å²) in [6.07, 6.45) is -0.0965. The molecule has 1 aromatic carbocycles. The van der Waals surface area contributed by atoms with E-state index in [-0.39, 0.29) is 11.9 Å². The molecule has 100 valence electrons. The van der Waals surface area contributed by atoms with Crippen molar-refractivity contribution in [3.63, 3.8) is 0 Å². The molecule has 3 atom stereocenters. The minimum absolute atomic E-state index is 0.120. The number of ether oxygens (including phenoxy) is 2. The quantitative estimate of drug-likeness (QED) is 0.880. The third kappa shape index (κ3) is 2.97. The molecule has 0 spiro atoms. The van der Waals surface area contributed by atoms with E-state index in [1.54, 1.807) is 0 Å². The molecule has 5 heteroatoms. The highest BCUT2D eigenvalue weighted by molar-refractivity contribution is 5.24. The highest BCUT2D eigenvalue weighted by Crippen LogP contribution is 2.29. The zero-order valence-electron chi connectivity index (χ0n) is 10.1. The number of benzene rings is 1. The average Bonchev–Trinajstić information content (AvgIpc) is 2.27. The lowest BCUT2D eigenvalue weighted by molar-refractivity contribution is -0.162. The molecule has 1 aromatic rings. The smallest absolute Gasteiger partial charge is 0.130 e. The van der Waals surface area contributed by atoms with E-state index in [2.05, 4.69) is 0 Å². The van der Waals surface area contributed by atoms with Crippen LogP contribution in [0.3, 0.4) is 0 Å². The molecule has 0 aliphatic heterocycles. The normalized spacial score (nSPS) is 26.8. The van der Waals surface area contributed by atoms with Gasteiger partial charge < -0.3 is 14.6 Å². The summed E-state index contributed by atoms with van der Waals surface area (Å²) >= 11 is 0. The van der Waals surface area contributed by atoms with Gasteiger partial charge in [0.1, 0.15) is 29.6 Å². The number of aliphatic hydroxyl groups excluding tert-OH is 1. The van der Waals surface area contributed by atoms with Crippen LogP contribution in [0.4, 0.5) is 8.78 Å². The van der Waals surface area contributed by atoms with Gasteiger partial charge in [-0.05, 0) is 6.42 Å². The minimum Gasteiger partial charge on any atom is -0.487 e. The maximum absolute atomic E-state index is 13.0. The lowest BCUT2D eigenvalue weighted by atomic mass is 9.88. The first-order chi connectivity index (χ1) is 8.60. The summed E-state index contributed by atoms with van der Waals surface area (Å²) in [4.78, 5) is 0. The molecule has 0 radical (unpaired) electrons. The number of hydrogen-bond donors (Lipinski definition) is 1. The molecule has 0 heterocycles. The van der Waals surface area contributed by atoms with Crippen molar-refractivity contribution in [1.29, 1.82) is 0 Å². The third-order valence-electron chi connectivity index (χ3n) is 2.86. The molecule has 0 amide bonds. The Morgan fingerprint density at radius 3 is 2.50 bits per heavy atom. The van der Waals surface area contributed by atoms with Gasteiger partial charge >= 0.3 is 0 Å². The first kappa shape index (κ1) is 13.2. The zero-order valence-corrected chi connectivity index (χ0v) is 10.1. The van der Waals surface area contributed by atoms with E-state index in [4.69, 9.17) is 9.47 Å². The fourth-order valence-electron chi connectivity index (χ4n) is 1.92. The maximum atomic E-state index is 13.0. The predicted octanol–water partition coefficient (Wildman–Crippen LogP) is 2.27. The summed E-state index contributed by atoms with van der Waals surface area (Å²) in [5.74, 6) is -1.25. The second kappa shape index (κ2) is 5.63. The van der Waals surface area contributed by atoms with Crippen LogP contribution >= 0.6 is 0 Å². The monoisotopic (exact) mass is 258 g/mol. The van der Waals surface area contributed by atoms with Gasteiger partial charge in [-0.15, -0.1) is 0 Å². The predicted molar refractivity (Wildman–Crippen MR) is 61.4 cm³/mol. The van der Waals surface area contributed by atoms with Gasteiger partial charge in [0.25, 0.3) is 0 Å². The van der Waals surface area contributed by atoms with E-state index in [1.807, 2.05) is 6.92 Å². The highest BCUT2D eigenvalue weighted by Gasteiger charge is 2.42. The lowest BCUT2D eigenvalue weighted by Crippen LogP contribution is -2.55. The summed E-state index contributed by atoms with van der Waals surface area (Å²) in [5, 5.41) is 9.54. The summed E-state index contributed by atoms with van der Waals surface area (Å²) in [5.41, 5.74) is 0. The average molecular weight is 258 g/mol. The van der Waals surface area contributed by atoms with Crippen LogP contribution in [-0.4, -0.2) is 30.0 Å². The van der Waals surface area contributed by atoms with E-state index in [9.17, 15) is 13.9 Å². The molecular formula is C13H16F2O3. The van der Waals surface area contributed by atoms with Crippen molar-refractivity contribution in [2.75, 3.05) is 6.61 Å². The van der Waals surface area contributed by atoms with Crippen LogP contribution in [0.5, 0.6) is 5.75 Å². The topological polar surface area (TPSA) is 38.7 Å². The Hall–Kier alpha value is -1.20. The molecular weight excluding hydrogens is 242 g/mol. The van der Waals surface area contributed by atoms with Crippen molar-refractivity contribution in [3.05, 3.63) is 29.8 Å². The first-order valence-electron chi connectivity index (χ1n) is 6.02. The van der Waals surface area contributed by atoms with Gasteiger partial charge in [-0.25, -0.2) is 8.78 Å². The van der Waals surface area contributed by atoms with Crippen molar-refractivity contribution < 1.29 is 23.4 Å². The van der Waals surface area contributed by atoms with Crippen LogP contribution in [0, 0.1) is 11.6 Å². The summed E-state index contributed by atoms with van der Waals surface area (Å²) < 4.78 is 36.8. The highest BCUT2D eigenvalue weighted by atomic mass is 19.1. The van der Waals surface area contributed by atoms with Crippen LogP contribution in [0.15, 0.2) is 18.2 Å². The summed E-state index contributed by atoms with van der Waals surface area (Å²) in [6, 6.07) is 3.02. The summed E-state index contributed by atoms with van der Waals surface area (Å²) in [7, 11) is 0. The minimum atomic E-state index is -0.684. The molecule has 0 bridgehead atoms. The number of rotatable bonds is 5. The molecule has 1 aliphatic rings. The van der Waals surface area contributed by atoms with Crippen molar-refractivity contribution in [2.24, 2.45) is 0 Å². The van der Waals surface area contributed by atoms with E-state index < -0.39 is 23.8 Å². The molecule has 3 nitrogen and oxygen atoms in total. The molecule has 0 aromatic heterocycles. The fraction of sp³-hybridized carbons (Fsp3) is 0.538. The lowest BCUT2D eigenvalue weighted by Gasteiger charge is -2.40. The Balaban J connectivity index is 1.96. The number of hydrogen-bond acceptors (Lipinski definition) is 3. The second-order valence-electron chi connectivity index (χ2n) is 4.40. The molecule has 2 rings (SSSR count). The van der Waals surface area contributed by atoms with Crippen LogP contribution in [0.1, 0.15) is 19.8 Å². The Kier molecular flexibility index (Phi) is 4.14. The van der Waals surface area contributed by atoms with Crippen molar-refractivity contribution in [1.82, 2.24) is 0 Å². The standard InChI is InChI=1S/C13H16F2O3/c1-2-3-17-13-11(16)7-12(13)18-10-5-8(14)4-9(15)6-10/h4-6,11-13,16H,2-3,7H2,1H3. The largest absolute Gasteiger partial charge is 0.487 e. The molecule has 1 N–H and O–H groups in total. The molecule has 1 aliphatic carbocycles. The molecule has 3 unspecified atom stereocenters. The van der Waals surface area contributed by atoms with Gasteiger partial charge in [0, 0.05) is 31.2 Å². The van der Waals surface area contributed by atoms with Crippen LogP contribution in [-0.2, 0) is 4.74 Å². The van der Waals surface area contributed by atoms with Gasteiger partial charge in [-0.1, -0.05) is 6.92 Å². The number of halogens is 2. The molecule has 0 saturated heterocycles. The van der Waals surface area contributed by atoms with Gasteiger partial charge in [0.05, 0.1) is 6.10 Å². The molecule has 18 heavy (non-hydrogen) atoms. The Morgan fingerprint density at radius 1 is 1.28 bits per heavy atom. The molecule has 1 saturated carbocycles. The Morgan fingerprint density at radius 2 is 1.94 bits per heavy atom. The van der Waals surface area contributed by atoms with Gasteiger partial charge in [0.2, 0.25) is 0 Å². The van der Waals surface area contributed by atoms with Gasteiger partial charge in [-0.2, -0.15) is 0 Å². The van der Waals surface area contributed by atoms with E-state index in [1.165, 1.54) is 0 Å². The fourth-order valence-corrected chi connectivity index (χ4v) is 1.92. The SMILES string of the molecule is CCCOC1C(O)CC1Oc1cc(F)cc(F)c1. The van der Waals surface area contributed by atoms with E-state index in [0.29, 0.717) is 13.0 Å². The second-order valence-corrected chi connectivity index (χ2v) is 4.40. The van der Waals surface area contributed by atoms with E-state index >= 15 is 0 Å². The van der Waals surface area contributed by atoms with Crippen molar-refractivity contribution in [3.8, 4) is 5.75 Å². The Labute approximate surface area is 104 Å². The third-order valence-corrected chi connectivity index (χ3v) is 2.86. The van der Waals surface area contributed by atoms with Crippen LogP contribution < -0.4 is 4.74 Å². The first-order valence-corrected chi connectivity index (χ1v) is 6.02. The van der Waals surface area contributed by atoms with Gasteiger partial charge in [-0.3, -0.25) is 0 Å². The van der Waals surface area contributed by atoms with Crippen LogP contribution in [0.25, 0.3) is 0 Å². The van der Waals surface area contributed by atoms with Crippen LogP contribution in [0.2, 0.25) is 0 Å². The van der Waals surface area contributed by atoms with E-state index in [0.717, 1.165) is 24.6 Å².